The van der Waals surface area contributed by atoms with Crippen molar-refractivity contribution in [2.75, 3.05) is 20.8 Å². The van der Waals surface area contributed by atoms with Crippen LogP contribution in [0.15, 0.2) is 29.8 Å². The van der Waals surface area contributed by atoms with E-state index in [1.807, 2.05) is 19.1 Å². The predicted molar refractivity (Wildman–Crippen MR) is 119 cm³/mol. The Morgan fingerprint density at radius 2 is 2.00 bits per heavy atom. The molecule has 0 heterocycles. The molecule has 0 unspecified atom stereocenters. The van der Waals surface area contributed by atoms with Crippen LogP contribution in [0.2, 0.25) is 0 Å². The zero-order valence-electron chi connectivity index (χ0n) is 19.0. The highest BCUT2D eigenvalue weighted by molar-refractivity contribution is 5.42. The van der Waals surface area contributed by atoms with Crippen LogP contribution in [0, 0.1) is 5.41 Å². The van der Waals surface area contributed by atoms with Crippen LogP contribution in [0.4, 0.5) is 0 Å². The number of hydrogen-bond acceptors (Lipinski definition) is 4. The van der Waals surface area contributed by atoms with E-state index in [0.717, 1.165) is 43.6 Å². The first kappa shape index (κ1) is 23.8. The first-order valence-electron chi connectivity index (χ1n) is 11.1. The summed E-state index contributed by atoms with van der Waals surface area (Å²) in [6.07, 6.45) is 10.8. The van der Waals surface area contributed by atoms with Crippen molar-refractivity contribution >= 4 is 0 Å². The van der Waals surface area contributed by atoms with Gasteiger partial charge in [-0.25, -0.2) is 0 Å². The van der Waals surface area contributed by atoms with E-state index < -0.39 is 0 Å². The average molecular weight is 405 g/mol. The van der Waals surface area contributed by atoms with Crippen molar-refractivity contribution in [2.45, 2.75) is 84.3 Å². The second-order valence-corrected chi connectivity index (χ2v) is 8.64. The Bertz CT molecular complexity index is 654. The third-order valence-electron chi connectivity index (χ3n) is 6.24. The van der Waals surface area contributed by atoms with Gasteiger partial charge in [-0.05, 0) is 63.1 Å². The standard InChI is InChI=1S/C25H40O4/c1-6-21(26)12-10-19(2)18-25(3)15-8-7-9-24(25)29-16-14-20-11-13-22(27-4)23(17-20)28-5/h11,13,17-18,21,24,26H,6-10,12,14-16H2,1-5H3/b19-18-/t21-,24-,25+/m0/s1. The first-order valence-corrected chi connectivity index (χ1v) is 11.1. The molecule has 29 heavy (non-hydrogen) atoms. The molecule has 1 aromatic rings. The van der Waals surface area contributed by atoms with Crippen molar-refractivity contribution in [3.05, 3.63) is 35.4 Å². The molecular formula is C25H40O4. The van der Waals surface area contributed by atoms with Crippen molar-refractivity contribution in [2.24, 2.45) is 5.41 Å². The fourth-order valence-corrected chi connectivity index (χ4v) is 4.35. The maximum absolute atomic E-state index is 9.85. The molecule has 0 aromatic heterocycles. The summed E-state index contributed by atoms with van der Waals surface area (Å²) in [5, 5.41) is 9.85. The molecule has 1 saturated carbocycles. The van der Waals surface area contributed by atoms with E-state index >= 15 is 0 Å². The molecule has 1 N–H and O–H groups in total. The Labute approximate surface area is 177 Å². The summed E-state index contributed by atoms with van der Waals surface area (Å²) in [5.74, 6) is 1.52. The van der Waals surface area contributed by atoms with E-state index in [4.69, 9.17) is 14.2 Å². The zero-order chi connectivity index (χ0) is 21.3. The van der Waals surface area contributed by atoms with E-state index in [0.29, 0.717) is 6.61 Å². The Balaban J connectivity index is 1.95. The highest BCUT2D eigenvalue weighted by atomic mass is 16.5. The zero-order valence-corrected chi connectivity index (χ0v) is 19.0. The molecule has 0 radical (unpaired) electrons. The molecule has 3 atom stereocenters. The lowest BCUT2D eigenvalue weighted by Crippen LogP contribution is -2.37. The summed E-state index contributed by atoms with van der Waals surface area (Å²) < 4.78 is 17.1. The predicted octanol–water partition coefficient (Wildman–Crippen LogP) is 5.71. The quantitative estimate of drug-likeness (QED) is 0.480. The van der Waals surface area contributed by atoms with Crippen LogP contribution in [0.5, 0.6) is 11.5 Å². The van der Waals surface area contributed by atoms with Crippen molar-refractivity contribution < 1.29 is 19.3 Å². The van der Waals surface area contributed by atoms with Crippen LogP contribution in [0.1, 0.15) is 71.3 Å². The summed E-state index contributed by atoms with van der Waals surface area (Å²) >= 11 is 0. The lowest BCUT2D eigenvalue weighted by atomic mass is 9.72. The topological polar surface area (TPSA) is 47.9 Å². The minimum absolute atomic E-state index is 0.0805. The lowest BCUT2D eigenvalue weighted by Gasteiger charge is -2.40. The second-order valence-electron chi connectivity index (χ2n) is 8.64. The Kier molecular flexibility index (Phi) is 9.51. The molecule has 0 amide bonds. The number of aliphatic hydroxyl groups is 1. The van der Waals surface area contributed by atoms with Gasteiger partial charge in [0.15, 0.2) is 11.5 Å². The van der Waals surface area contributed by atoms with Crippen LogP contribution in [-0.4, -0.2) is 38.1 Å². The summed E-state index contributed by atoms with van der Waals surface area (Å²) in [7, 11) is 3.32. The molecule has 0 spiro atoms. The van der Waals surface area contributed by atoms with Crippen LogP contribution in [-0.2, 0) is 11.2 Å². The van der Waals surface area contributed by atoms with Gasteiger partial charge in [0.2, 0.25) is 0 Å². The SMILES string of the molecule is CC[C@H](O)CC/C(C)=C\[C@@]1(C)CCCC[C@@H]1OCCc1ccc(OC)c(OC)c1. The minimum atomic E-state index is -0.189. The van der Waals surface area contributed by atoms with Gasteiger partial charge in [0.05, 0.1) is 33.0 Å². The molecule has 164 valence electrons. The Morgan fingerprint density at radius 3 is 2.69 bits per heavy atom. The van der Waals surface area contributed by atoms with E-state index in [9.17, 15) is 5.11 Å². The number of methoxy groups -OCH3 is 2. The number of rotatable bonds is 11. The second kappa shape index (κ2) is 11.6. The fraction of sp³-hybridized carbons (Fsp3) is 0.680. The molecule has 1 aromatic carbocycles. The van der Waals surface area contributed by atoms with Crippen molar-refractivity contribution in [3.8, 4) is 11.5 Å². The highest BCUT2D eigenvalue weighted by Crippen LogP contribution is 2.40. The molecule has 0 aliphatic heterocycles. The van der Waals surface area contributed by atoms with Gasteiger partial charge in [0.1, 0.15) is 0 Å². The maximum atomic E-state index is 9.85. The van der Waals surface area contributed by atoms with Crippen molar-refractivity contribution in [1.82, 2.24) is 0 Å². The average Bonchev–Trinajstić information content (AvgIpc) is 2.73. The first-order chi connectivity index (χ1) is 13.9. The normalized spacial score (nSPS) is 23.7. The van der Waals surface area contributed by atoms with Crippen LogP contribution in [0.25, 0.3) is 0 Å². The van der Waals surface area contributed by atoms with E-state index in [2.05, 4.69) is 26.0 Å². The minimum Gasteiger partial charge on any atom is -0.493 e. The van der Waals surface area contributed by atoms with E-state index in [-0.39, 0.29) is 17.6 Å². The molecule has 2 rings (SSSR count). The molecule has 0 bridgehead atoms. The maximum Gasteiger partial charge on any atom is 0.160 e. The monoisotopic (exact) mass is 404 g/mol. The smallest absolute Gasteiger partial charge is 0.160 e. The van der Waals surface area contributed by atoms with Crippen molar-refractivity contribution in [1.29, 1.82) is 0 Å². The molecule has 0 saturated heterocycles. The van der Waals surface area contributed by atoms with E-state index in [1.165, 1.54) is 30.4 Å². The van der Waals surface area contributed by atoms with Gasteiger partial charge >= 0.3 is 0 Å². The fourth-order valence-electron chi connectivity index (χ4n) is 4.35. The number of benzene rings is 1. The van der Waals surface area contributed by atoms with Gasteiger partial charge < -0.3 is 19.3 Å². The number of ether oxygens (including phenoxy) is 3. The Morgan fingerprint density at radius 1 is 1.24 bits per heavy atom. The highest BCUT2D eigenvalue weighted by Gasteiger charge is 2.35. The summed E-state index contributed by atoms with van der Waals surface area (Å²) in [6.45, 7) is 7.28. The lowest BCUT2D eigenvalue weighted by molar-refractivity contribution is -0.0360. The third-order valence-corrected chi connectivity index (χ3v) is 6.24. The molecule has 4 heteroatoms. The summed E-state index contributed by atoms with van der Waals surface area (Å²) in [4.78, 5) is 0. The van der Waals surface area contributed by atoms with Gasteiger partial charge in [-0.1, -0.05) is 44.4 Å². The molecule has 1 fully saturated rings. The number of allylic oxidation sites excluding steroid dienone is 1. The largest absolute Gasteiger partial charge is 0.493 e. The van der Waals surface area contributed by atoms with E-state index in [1.54, 1.807) is 14.2 Å². The van der Waals surface area contributed by atoms with Gasteiger partial charge in [0.25, 0.3) is 0 Å². The third kappa shape index (κ3) is 7.04. The van der Waals surface area contributed by atoms with Crippen LogP contribution in [0.3, 0.4) is 0 Å². The van der Waals surface area contributed by atoms with Gasteiger partial charge in [0, 0.05) is 5.41 Å². The van der Waals surface area contributed by atoms with Gasteiger partial charge in [-0.2, -0.15) is 0 Å². The van der Waals surface area contributed by atoms with Crippen LogP contribution < -0.4 is 9.47 Å². The van der Waals surface area contributed by atoms with Gasteiger partial charge in [-0.3, -0.25) is 0 Å². The number of hydrogen-bond donors (Lipinski definition) is 1. The molecular weight excluding hydrogens is 364 g/mol. The van der Waals surface area contributed by atoms with Gasteiger partial charge in [-0.15, -0.1) is 0 Å². The Hall–Kier alpha value is -1.52. The number of aliphatic hydroxyl groups excluding tert-OH is 1. The summed E-state index contributed by atoms with van der Waals surface area (Å²) in [6, 6.07) is 6.06. The molecule has 4 nitrogen and oxygen atoms in total. The van der Waals surface area contributed by atoms with Crippen molar-refractivity contribution in [3.63, 3.8) is 0 Å². The summed E-state index contributed by atoms with van der Waals surface area (Å²) in [5.41, 5.74) is 2.65. The van der Waals surface area contributed by atoms with Crippen LogP contribution >= 0.6 is 0 Å². The molecule has 1 aliphatic rings. The molecule has 1 aliphatic carbocycles.